The summed E-state index contributed by atoms with van der Waals surface area (Å²) in [6.45, 7) is 2.30. The minimum absolute atomic E-state index is 0.00101. The van der Waals surface area contributed by atoms with Gasteiger partial charge in [0.1, 0.15) is 5.75 Å². The first-order chi connectivity index (χ1) is 11.2. The molecule has 0 saturated carbocycles. The number of carbonyl (C=O) groups is 1. The van der Waals surface area contributed by atoms with Crippen molar-refractivity contribution < 1.29 is 9.53 Å². The second kappa shape index (κ2) is 5.69. The normalized spacial score (nSPS) is 19.8. The Morgan fingerprint density at radius 1 is 1.22 bits per heavy atom. The van der Waals surface area contributed by atoms with Crippen molar-refractivity contribution in [2.45, 2.75) is 45.3 Å². The molecule has 0 spiro atoms. The van der Waals surface area contributed by atoms with Crippen molar-refractivity contribution in [2.24, 2.45) is 0 Å². The van der Waals surface area contributed by atoms with Crippen molar-refractivity contribution in [3.63, 3.8) is 0 Å². The Kier molecular flexibility index (Phi) is 3.52. The molecule has 0 N–H and O–H groups in total. The van der Waals surface area contributed by atoms with Crippen molar-refractivity contribution in [3.8, 4) is 5.75 Å². The van der Waals surface area contributed by atoms with Crippen LogP contribution in [-0.2, 0) is 24.2 Å². The van der Waals surface area contributed by atoms with Gasteiger partial charge < -0.3 is 4.74 Å². The molecule has 23 heavy (non-hydrogen) atoms. The molecule has 1 aliphatic carbocycles. The Labute approximate surface area is 136 Å². The van der Waals surface area contributed by atoms with Crippen LogP contribution >= 0.6 is 0 Å². The van der Waals surface area contributed by atoms with Gasteiger partial charge in [0.25, 0.3) is 5.91 Å². The molecule has 0 bridgehead atoms. The quantitative estimate of drug-likeness (QED) is 0.855. The number of nitrogens with zero attached hydrogens (tertiary/aromatic N) is 2. The summed E-state index contributed by atoms with van der Waals surface area (Å²) in [5.74, 6) is 0.826. The maximum atomic E-state index is 12.6. The van der Waals surface area contributed by atoms with Crippen LogP contribution in [0.5, 0.6) is 5.75 Å². The van der Waals surface area contributed by atoms with E-state index >= 15 is 0 Å². The molecule has 1 atom stereocenters. The van der Waals surface area contributed by atoms with Crippen LogP contribution in [-0.4, -0.2) is 17.0 Å². The minimum atomic E-state index is -0.451. The zero-order valence-electron chi connectivity index (χ0n) is 13.3. The largest absolute Gasteiger partial charge is 0.479 e. The molecule has 0 fully saturated rings. The highest BCUT2D eigenvalue weighted by molar-refractivity contribution is 5.99. The summed E-state index contributed by atoms with van der Waals surface area (Å²) >= 11 is 0. The fourth-order valence-corrected chi connectivity index (χ4v) is 3.45. The molecule has 4 nitrogen and oxygen atoms in total. The van der Waals surface area contributed by atoms with Crippen LogP contribution < -0.4 is 9.64 Å². The first kappa shape index (κ1) is 14.2. The highest BCUT2D eigenvalue weighted by Gasteiger charge is 2.32. The second-order valence-electron chi connectivity index (χ2n) is 6.30. The lowest BCUT2D eigenvalue weighted by molar-refractivity contribution is -0.125. The summed E-state index contributed by atoms with van der Waals surface area (Å²) in [5, 5.41) is 0. The maximum Gasteiger partial charge on any atom is 0.268 e. The number of pyridine rings is 1. The highest BCUT2D eigenvalue weighted by Crippen LogP contribution is 2.39. The van der Waals surface area contributed by atoms with Crippen molar-refractivity contribution in [3.05, 3.63) is 53.3 Å². The van der Waals surface area contributed by atoms with Crippen LogP contribution in [0.4, 0.5) is 5.69 Å². The first-order valence-corrected chi connectivity index (χ1v) is 8.26. The summed E-state index contributed by atoms with van der Waals surface area (Å²) in [4.78, 5) is 18.8. The van der Waals surface area contributed by atoms with Gasteiger partial charge in [0.05, 0.1) is 17.9 Å². The molecule has 0 saturated heterocycles. The van der Waals surface area contributed by atoms with Crippen molar-refractivity contribution in [1.29, 1.82) is 0 Å². The van der Waals surface area contributed by atoms with Crippen LogP contribution in [0.3, 0.4) is 0 Å². The molecule has 2 aliphatic rings. The molecule has 118 valence electrons. The standard InChI is InChI=1S/C19H20N2O2/c1-13-19(22)21(12-16-8-4-5-9-20-16)17-10-14-6-2-3-7-15(14)11-18(17)23-13/h4-5,8-11,13H,2-3,6-7,12H2,1H3. The van der Waals surface area contributed by atoms with Gasteiger partial charge in [0, 0.05) is 6.20 Å². The zero-order chi connectivity index (χ0) is 15.8. The topological polar surface area (TPSA) is 42.4 Å². The van der Waals surface area contributed by atoms with E-state index in [2.05, 4.69) is 17.1 Å². The number of ether oxygens (including phenoxy) is 1. The third-order valence-corrected chi connectivity index (χ3v) is 4.68. The van der Waals surface area contributed by atoms with Gasteiger partial charge in [-0.1, -0.05) is 6.07 Å². The Hall–Kier alpha value is -2.36. The van der Waals surface area contributed by atoms with Crippen molar-refractivity contribution in [1.82, 2.24) is 4.98 Å². The molecule has 4 heteroatoms. The van der Waals surface area contributed by atoms with E-state index in [0.29, 0.717) is 6.54 Å². The number of hydrogen-bond donors (Lipinski definition) is 0. The highest BCUT2D eigenvalue weighted by atomic mass is 16.5. The smallest absolute Gasteiger partial charge is 0.268 e. The number of aryl methyl sites for hydroxylation is 2. The van der Waals surface area contributed by atoms with Gasteiger partial charge in [0.2, 0.25) is 0 Å². The van der Waals surface area contributed by atoms with E-state index in [-0.39, 0.29) is 5.91 Å². The van der Waals surface area contributed by atoms with Gasteiger partial charge in [0.15, 0.2) is 6.10 Å². The second-order valence-corrected chi connectivity index (χ2v) is 6.30. The monoisotopic (exact) mass is 308 g/mol. The Morgan fingerprint density at radius 2 is 2.00 bits per heavy atom. The lowest BCUT2D eigenvalue weighted by atomic mass is 9.90. The first-order valence-electron chi connectivity index (χ1n) is 8.26. The van der Waals surface area contributed by atoms with Crippen molar-refractivity contribution >= 4 is 11.6 Å². The van der Waals surface area contributed by atoms with Crippen molar-refractivity contribution in [2.75, 3.05) is 4.90 Å². The summed E-state index contributed by atoms with van der Waals surface area (Å²) in [7, 11) is 0. The Balaban J connectivity index is 1.75. The molecule has 1 aliphatic heterocycles. The molecule has 2 aromatic rings. The number of rotatable bonds is 2. The van der Waals surface area contributed by atoms with E-state index in [4.69, 9.17) is 4.74 Å². The average molecular weight is 308 g/mol. The molecule has 1 aromatic heterocycles. The van der Waals surface area contributed by atoms with Crippen LogP contribution in [0, 0.1) is 0 Å². The SMILES string of the molecule is CC1Oc2cc3c(cc2N(Cc2ccccn2)C1=O)CCCC3. The number of anilines is 1. The van der Waals surface area contributed by atoms with E-state index in [1.807, 2.05) is 30.0 Å². The molecular formula is C19H20N2O2. The summed E-state index contributed by atoms with van der Waals surface area (Å²) in [6.07, 6.45) is 5.96. The molecule has 4 rings (SSSR count). The lowest BCUT2D eigenvalue weighted by Crippen LogP contribution is -2.44. The van der Waals surface area contributed by atoms with Gasteiger partial charge in [-0.3, -0.25) is 14.7 Å². The van der Waals surface area contributed by atoms with Gasteiger partial charge in [-0.2, -0.15) is 0 Å². The molecule has 1 amide bonds. The van der Waals surface area contributed by atoms with Crippen LogP contribution in [0.2, 0.25) is 0 Å². The van der Waals surface area contributed by atoms with E-state index < -0.39 is 6.10 Å². The minimum Gasteiger partial charge on any atom is -0.479 e. The number of benzene rings is 1. The maximum absolute atomic E-state index is 12.6. The summed E-state index contributed by atoms with van der Waals surface area (Å²) in [5.41, 5.74) is 4.50. The summed E-state index contributed by atoms with van der Waals surface area (Å²) < 4.78 is 5.87. The van der Waals surface area contributed by atoms with E-state index in [0.717, 1.165) is 30.0 Å². The fraction of sp³-hybridized carbons (Fsp3) is 0.368. The van der Waals surface area contributed by atoms with Crippen LogP contribution in [0.25, 0.3) is 0 Å². The van der Waals surface area contributed by atoms with Gasteiger partial charge >= 0.3 is 0 Å². The lowest BCUT2D eigenvalue weighted by Gasteiger charge is -2.34. The average Bonchev–Trinajstić information content (AvgIpc) is 2.58. The number of aromatic nitrogens is 1. The molecule has 0 radical (unpaired) electrons. The predicted octanol–water partition coefficient (Wildman–Crippen LogP) is 3.27. The predicted molar refractivity (Wildman–Crippen MR) is 88.6 cm³/mol. The van der Waals surface area contributed by atoms with Crippen LogP contribution in [0.1, 0.15) is 36.6 Å². The van der Waals surface area contributed by atoms with E-state index in [1.165, 1.54) is 24.0 Å². The number of amides is 1. The third-order valence-electron chi connectivity index (χ3n) is 4.68. The molecule has 2 heterocycles. The zero-order valence-corrected chi connectivity index (χ0v) is 13.3. The van der Waals surface area contributed by atoms with Gasteiger partial charge in [-0.15, -0.1) is 0 Å². The number of carbonyl (C=O) groups excluding carboxylic acids is 1. The Bertz CT molecular complexity index is 743. The molecule has 1 unspecified atom stereocenters. The molecule has 1 aromatic carbocycles. The number of hydrogen-bond acceptors (Lipinski definition) is 3. The van der Waals surface area contributed by atoms with Gasteiger partial charge in [-0.25, -0.2) is 0 Å². The summed E-state index contributed by atoms with van der Waals surface area (Å²) in [6, 6.07) is 10.1. The van der Waals surface area contributed by atoms with Crippen LogP contribution in [0.15, 0.2) is 36.5 Å². The number of fused-ring (bicyclic) bond motifs is 2. The Morgan fingerprint density at radius 3 is 2.74 bits per heavy atom. The van der Waals surface area contributed by atoms with E-state index in [9.17, 15) is 4.79 Å². The fourth-order valence-electron chi connectivity index (χ4n) is 3.45. The van der Waals surface area contributed by atoms with Gasteiger partial charge in [-0.05, 0) is 68.0 Å². The third kappa shape index (κ3) is 2.58. The van der Waals surface area contributed by atoms with E-state index in [1.54, 1.807) is 6.20 Å². The molecular weight excluding hydrogens is 288 g/mol.